The van der Waals surface area contributed by atoms with Gasteiger partial charge in [0.25, 0.3) is 0 Å². The Morgan fingerprint density at radius 1 is 0.893 bits per heavy atom. The molecule has 1 saturated heterocycles. The first-order valence-corrected chi connectivity index (χ1v) is 9.37. The molecular formula is C25H21FO2. The molecule has 0 aromatic heterocycles. The minimum Gasteiger partial charge on any atom is -0.348 e. The van der Waals surface area contributed by atoms with E-state index in [2.05, 4.69) is 18.4 Å². The fraction of sp³-hybridized carbons (Fsp3) is 0.200. The predicted molar refractivity (Wildman–Crippen MR) is 109 cm³/mol. The van der Waals surface area contributed by atoms with E-state index in [-0.39, 0.29) is 12.1 Å². The Hall–Kier alpha value is -2.93. The maximum Gasteiger partial charge on any atom is 0.183 e. The van der Waals surface area contributed by atoms with Gasteiger partial charge in [-0.3, -0.25) is 0 Å². The third-order valence-electron chi connectivity index (χ3n) is 4.80. The van der Waals surface area contributed by atoms with Crippen molar-refractivity contribution in [2.24, 2.45) is 5.92 Å². The Kier molecular flexibility index (Phi) is 5.53. The molecule has 2 nitrogen and oxygen atoms in total. The van der Waals surface area contributed by atoms with E-state index in [1.165, 1.54) is 12.1 Å². The van der Waals surface area contributed by atoms with E-state index >= 15 is 0 Å². The van der Waals surface area contributed by atoms with Crippen molar-refractivity contribution >= 4 is 10.8 Å². The van der Waals surface area contributed by atoms with Crippen LogP contribution in [0.25, 0.3) is 10.8 Å². The van der Waals surface area contributed by atoms with E-state index in [1.54, 1.807) is 6.07 Å². The van der Waals surface area contributed by atoms with Gasteiger partial charge in [-0.25, -0.2) is 4.39 Å². The summed E-state index contributed by atoms with van der Waals surface area (Å²) < 4.78 is 24.9. The van der Waals surface area contributed by atoms with Crippen LogP contribution in [0.5, 0.6) is 0 Å². The van der Waals surface area contributed by atoms with Crippen molar-refractivity contribution < 1.29 is 13.9 Å². The second kappa shape index (κ2) is 8.39. The molecule has 0 N–H and O–H groups in total. The highest BCUT2D eigenvalue weighted by atomic mass is 19.1. The number of benzene rings is 3. The quantitative estimate of drug-likeness (QED) is 0.439. The van der Waals surface area contributed by atoms with Gasteiger partial charge in [0.05, 0.1) is 13.2 Å². The molecule has 0 radical (unpaired) electrons. The van der Waals surface area contributed by atoms with Crippen LogP contribution in [0.4, 0.5) is 4.39 Å². The number of halogens is 1. The lowest BCUT2D eigenvalue weighted by Crippen LogP contribution is -2.26. The highest BCUT2D eigenvalue weighted by Crippen LogP contribution is 2.26. The molecule has 0 amide bonds. The predicted octanol–water partition coefficient (Wildman–Crippen LogP) is 5.62. The van der Waals surface area contributed by atoms with Crippen molar-refractivity contribution in [1.82, 2.24) is 0 Å². The number of ether oxygens (including phenoxy) is 2. The van der Waals surface area contributed by atoms with Crippen molar-refractivity contribution in [3.05, 3.63) is 95.8 Å². The average molecular weight is 372 g/mol. The molecule has 0 unspecified atom stereocenters. The van der Waals surface area contributed by atoms with Gasteiger partial charge in [0.2, 0.25) is 0 Å². The molecule has 0 atom stereocenters. The number of hydrogen-bond acceptors (Lipinski definition) is 2. The fourth-order valence-electron chi connectivity index (χ4n) is 3.27. The zero-order valence-electron chi connectivity index (χ0n) is 15.5. The van der Waals surface area contributed by atoms with Crippen LogP contribution in [0.15, 0.2) is 73.3 Å². The van der Waals surface area contributed by atoms with E-state index in [4.69, 9.17) is 9.47 Å². The van der Waals surface area contributed by atoms with Crippen molar-refractivity contribution in [2.45, 2.75) is 12.7 Å². The van der Waals surface area contributed by atoms with Crippen LogP contribution < -0.4 is 0 Å². The average Bonchev–Trinajstić information content (AvgIpc) is 2.73. The molecule has 140 valence electrons. The maximum absolute atomic E-state index is 13.3. The van der Waals surface area contributed by atoms with E-state index in [0.717, 1.165) is 33.9 Å². The molecule has 3 heteroatoms. The van der Waals surface area contributed by atoms with Gasteiger partial charge in [-0.1, -0.05) is 42.2 Å². The van der Waals surface area contributed by atoms with Crippen LogP contribution in [0.2, 0.25) is 0 Å². The summed E-state index contributed by atoms with van der Waals surface area (Å²) in [6.07, 6.45) is 2.49. The van der Waals surface area contributed by atoms with Gasteiger partial charge >= 0.3 is 0 Å². The first-order valence-electron chi connectivity index (χ1n) is 9.37. The summed E-state index contributed by atoms with van der Waals surface area (Å²) in [4.78, 5) is 0. The summed E-state index contributed by atoms with van der Waals surface area (Å²) in [7, 11) is 0. The van der Waals surface area contributed by atoms with Crippen molar-refractivity contribution in [3.8, 4) is 11.8 Å². The van der Waals surface area contributed by atoms with Gasteiger partial charge in [0.15, 0.2) is 6.29 Å². The number of hydrogen-bond donors (Lipinski definition) is 0. The smallest absolute Gasteiger partial charge is 0.183 e. The molecule has 1 aliphatic heterocycles. The standard InChI is InChI=1S/C25H21FO2/c1-2-3-20-16-27-25(28-17-20)21-9-6-18(7-10-21)4-5-19-8-11-23-15-24(26)13-12-22(23)14-19/h2,6-15,20,25H,1,3,16-17H2. The minimum atomic E-state index is -0.316. The Bertz CT molecular complexity index is 1040. The molecule has 3 aromatic carbocycles. The summed E-state index contributed by atoms with van der Waals surface area (Å²) in [6, 6.07) is 18.5. The third-order valence-corrected chi connectivity index (χ3v) is 4.80. The molecule has 0 saturated carbocycles. The molecule has 1 fully saturated rings. The highest BCUT2D eigenvalue weighted by molar-refractivity contribution is 5.83. The Morgan fingerprint density at radius 2 is 1.54 bits per heavy atom. The van der Waals surface area contributed by atoms with Gasteiger partial charge in [-0.2, -0.15) is 0 Å². The van der Waals surface area contributed by atoms with Crippen molar-refractivity contribution in [2.75, 3.05) is 13.2 Å². The van der Waals surface area contributed by atoms with Gasteiger partial charge < -0.3 is 9.47 Å². The molecule has 0 spiro atoms. The topological polar surface area (TPSA) is 18.5 Å². The molecule has 1 heterocycles. The SMILES string of the molecule is C=CCC1COC(c2ccc(C#Cc3ccc4cc(F)ccc4c3)cc2)OC1. The van der Waals surface area contributed by atoms with Crippen molar-refractivity contribution in [1.29, 1.82) is 0 Å². The first-order chi connectivity index (χ1) is 13.7. The first kappa shape index (κ1) is 18.4. The molecule has 28 heavy (non-hydrogen) atoms. The maximum atomic E-state index is 13.3. The fourth-order valence-corrected chi connectivity index (χ4v) is 3.27. The summed E-state index contributed by atoms with van der Waals surface area (Å²) in [5.74, 6) is 6.50. The van der Waals surface area contributed by atoms with E-state index in [1.807, 2.05) is 48.5 Å². The molecule has 1 aliphatic rings. The summed E-state index contributed by atoms with van der Waals surface area (Å²) in [6.45, 7) is 5.13. The van der Waals surface area contributed by atoms with E-state index in [9.17, 15) is 4.39 Å². The largest absolute Gasteiger partial charge is 0.348 e. The summed E-state index contributed by atoms with van der Waals surface area (Å²) in [5.41, 5.74) is 2.81. The third kappa shape index (κ3) is 4.31. The number of rotatable bonds is 3. The molecular weight excluding hydrogens is 351 g/mol. The Balaban J connectivity index is 1.44. The van der Waals surface area contributed by atoms with Crippen LogP contribution in [-0.2, 0) is 9.47 Å². The lowest BCUT2D eigenvalue weighted by atomic mass is 10.1. The molecule has 4 rings (SSSR count). The zero-order valence-corrected chi connectivity index (χ0v) is 15.5. The molecule has 3 aromatic rings. The molecule has 0 bridgehead atoms. The van der Waals surface area contributed by atoms with Crippen LogP contribution in [-0.4, -0.2) is 13.2 Å². The normalized spacial score (nSPS) is 19.0. The van der Waals surface area contributed by atoms with E-state index in [0.29, 0.717) is 19.1 Å². The van der Waals surface area contributed by atoms with Gasteiger partial charge in [-0.15, -0.1) is 6.58 Å². The second-order valence-corrected chi connectivity index (χ2v) is 6.97. The van der Waals surface area contributed by atoms with Gasteiger partial charge in [0, 0.05) is 22.6 Å². The minimum absolute atomic E-state index is 0.228. The summed E-state index contributed by atoms with van der Waals surface area (Å²) >= 11 is 0. The Labute approximate surface area is 164 Å². The number of fused-ring (bicyclic) bond motifs is 1. The summed E-state index contributed by atoms with van der Waals surface area (Å²) in [5, 5.41) is 1.85. The Morgan fingerprint density at radius 3 is 2.29 bits per heavy atom. The molecule has 0 aliphatic carbocycles. The second-order valence-electron chi connectivity index (χ2n) is 6.97. The van der Waals surface area contributed by atoms with Crippen molar-refractivity contribution in [3.63, 3.8) is 0 Å². The van der Waals surface area contributed by atoms with Crippen LogP contribution in [0.1, 0.15) is 29.4 Å². The number of allylic oxidation sites excluding steroid dienone is 1. The van der Waals surface area contributed by atoms with Gasteiger partial charge in [0.1, 0.15) is 5.82 Å². The van der Waals surface area contributed by atoms with E-state index < -0.39 is 0 Å². The zero-order chi connectivity index (χ0) is 19.3. The lowest BCUT2D eigenvalue weighted by molar-refractivity contribution is -0.204. The lowest BCUT2D eigenvalue weighted by Gasteiger charge is -2.29. The monoisotopic (exact) mass is 372 g/mol. The van der Waals surface area contributed by atoms with Crippen LogP contribution in [0, 0.1) is 23.6 Å². The van der Waals surface area contributed by atoms with Crippen LogP contribution >= 0.6 is 0 Å². The van der Waals surface area contributed by atoms with Crippen LogP contribution in [0.3, 0.4) is 0 Å². The van der Waals surface area contributed by atoms with Gasteiger partial charge in [-0.05, 0) is 53.6 Å². The highest BCUT2D eigenvalue weighted by Gasteiger charge is 2.22.